The highest BCUT2D eigenvalue weighted by Gasteiger charge is 2.59. The average Bonchev–Trinajstić information content (AvgIpc) is 3.92. The zero-order valence-electron chi connectivity index (χ0n) is 41.5. The molecule has 6 aliphatic rings. The Hall–Kier alpha value is -8.20. The Morgan fingerprint density at radius 2 is 1.22 bits per heavy atom. The minimum Gasteiger partial charge on any atom is -0.314 e. The number of nitrogens with zero attached hydrogens (tertiary/aromatic N) is 2. The van der Waals surface area contributed by atoms with Gasteiger partial charge in [-0.2, -0.15) is 0 Å². The molecule has 8 aromatic rings. The van der Waals surface area contributed by atoms with Crippen LogP contribution < -0.4 is 9.80 Å². The van der Waals surface area contributed by atoms with Crippen molar-refractivity contribution in [3.05, 3.63) is 310 Å². The fourth-order valence-electron chi connectivity index (χ4n) is 14.0. The summed E-state index contributed by atoms with van der Waals surface area (Å²) in [5, 5.41) is 2.50. The molecule has 4 unspecified atom stereocenters. The first-order valence-corrected chi connectivity index (χ1v) is 26.6. The maximum Gasteiger partial charge on any atom is 0.0716 e. The van der Waals surface area contributed by atoms with Crippen molar-refractivity contribution in [1.82, 2.24) is 0 Å². The lowest BCUT2D eigenvalue weighted by molar-refractivity contribution is 0.422. The number of rotatable bonds is 9. The summed E-state index contributed by atoms with van der Waals surface area (Å²) in [6.07, 6.45) is 30.3. The maximum atomic E-state index is 2.59. The predicted octanol–water partition coefficient (Wildman–Crippen LogP) is 18.0. The van der Waals surface area contributed by atoms with Gasteiger partial charge in [0.05, 0.1) is 16.5 Å². The SMILES string of the molecule is CC1CC=C(N(C2=CCC(C3(c4ccc(N(C5=CC=CCC5)c5cccc6ccccc56)cc4)c4ccccc4C4(C5=CCCC=C5)c5ccccc5-c5cccc3c54)C=C2)c2ccccc2)c2ccccc21. The summed E-state index contributed by atoms with van der Waals surface area (Å²) < 4.78 is 0. The highest BCUT2D eigenvalue weighted by Crippen LogP contribution is 2.67. The van der Waals surface area contributed by atoms with Crippen molar-refractivity contribution in [3.63, 3.8) is 0 Å². The molecule has 352 valence electrons. The van der Waals surface area contributed by atoms with Gasteiger partial charge in [0.15, 0.2) is 0 Å². The van der Waals surface area contributed by atoms with Gasteiger partial charge in [-0.05, 0) is 154 Å². The lowest BCUT2D eigenvalue weighted by atomic mass is 9.49. The second-order valence-electron chi connectivity index (χ2n) is 20.8. The number of anilines is 3. The first-order chi connectivity index (χ1) is 36.2. The summed E-state index contributed by atoms with van der Waals surface area (Å²) in [5.41, 5.74) is 21.5. The lowest BCUT2D eigenvalue weighted by Crippen LogP contribution is -2.47. The Morgan fingerprint density at radius 1 is 0.507 bits per heavy atom. The molecule has 2 nitrogen and oxygen atoms in total. The fourth-order valence-corrected chi connectivity index (χ4v) is 14.0. The molecule has 0 amide bonds. The van der Waals surface area contributed by atoms with Crippen LogP contribution in [0.25, 0.3) is 27.6 Å². The fraction of sp³-hybridized carbons (Fsp3) is 0.155. The van der Waals surface area contributed by atoms with Crippen LogP contribution in [0.3, 0.4) is 0 Å². The minimum absolute atomic E-state index is 0.0815. The standard InChI is InChI=1S/C71H58N2/c1-49-39-48-68(61-32-14-13-29-58(49)61)73(55-27-9-4-10-28-55)57-46-42-53(43-47-57)70(52-40-44-56(45-41-52)72(54-25-7-3-8-26-54)67-38-19-22-50-21-11-12-30-59(50)67)64-35-17-18-36-65(64)71(51-23-5-2-6-24-51)63-34-16-15-31-60(63)62-33-20-37-66(70)69(62)71/h3-5,7,9-25,27-38,40-42,44-49,53H,2,6,8,26,39,43H2,1H3. The van der Waals surface area contributed by atoms with Gasteiger partial charge in [-0.25, -0.2) is 0 Å². The van der Waals surface area contributed by atoms with Crippen molar-refractivity contribution in [2.75, 3.05) is 9.80 Å². The predicted molar refractivity (Wildman–Crippen MR) is 305 cm³/mol. The molecular formula is C71H58N2. The Kier molecular flexibility index (Phi) is 10.5. The van der Waals surface area contributed by atoms with Crippen molar-refractivity contribution in [2.24, 2.45) is 5.92 Å². The Balaban J connectivity index is 0.992. The van der Waals surface area contributed by atoms with E-state index in [-0.39, 0.29) is 5.92 Å². The normalized spacial score (nSPS) is 22.0. The van der Waals surface area contributed by atoms with E-state index in [1.807, 2.05) is 0 Å². The van der Waals surface area contributed by atoms with Crippen LogP contribution in [0.4, 0.5) is 17.1 Å². The van der Waals surface area contributed by atoms with E-state index in [0.717, 1.165) is 38.5 Å². The third-order valence-electron chi connectivity index (χ3n) is 17.1. The van der Waals surface area contributed by atoms with Gasteiger partial charge < -0.3 is 9.80 Å². The molecule has 0 radical (unpaired) electrons. The summed E-state index contributed by atoms with van der Waals surface area (Å²) in [7, 11) is 0. The molecule has 0 fully saturated rings. The first-order valence-electron chi connectivity index (χ1n) is 26.6. The van der Waals surface area contributed by atoms with E-state index in [4.69, 9.17) is 0 Å². The number of fused-ring (bicyclic) bond motifs is 7. The number of hydrogen-bond acceptors (Lipinski definition) is 2. The summed E-state index contributed by atoms with van der Waals surface area (Å²) in [5.74, 6) is 0.550. The van der Waals surface area contributed by atoms with Gasteiger partial charge in [0.2, 0.25) is 0 Å². The van der Waals surface area contributed by atoms with Crippen LogP contribution in [-0.4, -0.2) is 0 Å². The second-order valence-corrected chi connectivity index (χ2v) is 20.8. The zero-order valence-corrected chi connectivity index (χ0v) is 41.5. The summed E-state index contributed by atoms with van der Waals surface area (Å²) in [4.78, 5) is 5.04. The largest absolute Gasteiger partial charge is 0.314 e. The molecule has 8 aromatic carbocycles. The van der Waals surface area contributed by atoms with Crippen LogP contribution in [-0.2, 0) is 10.8 Å². The van der Waals surface area contributed by atoms with Crippen LogP contribution in [0.2, 0.25) is 0 Å². The van der Waals surface area contributed by atoms with E-state index in [9.17, 15) is 0 Å². The molecule has 0 spiro atoms. The van der Waals surface area contributed by atoms with Crippen molar-refractivity contribution in [3.8, 4) is 11.1 Å². The Labute approximate surface area is 430 Å². The average molecular weight is 939 g/mol. The number of benzene rings is 8. The van der Waals surface area contributed by atoms with Crippen molar-refractivity contribution in [2.45, 2.75) is 62.2 Å². The molecule has 0 aromatic heterocycles. The van der Waals surface area contributed by atoms with Gasteiger partial charge in [0, 0.05) is 39.4 Å². The van der Waals surface area contributed by atoms with Gasteiger partial charge in [0.1, 0.15) is 0 Å². The smallest absolute Gasteiger partial charge is 0.0716 e. The van der Waals surface area contributed by atoms with Crippen molar-refractivity contribution >= 4 is 33.5 Å². The quantitative estimate of drug-likeness (QED) is 0.142. The van der Waals surface area contributed by atoms with Crippen LogP contribution >= 0.6 is 0 Å². The molecule has 0 heterocycles. The highest BCUT2D eigenvalue weighted by molar-refractivity contribution is 5.98. The van der Waals surface area contributed by atoms with Gasteiger partial charge in [0.25, 0.3) is 0 Å². The molecule has 2 heteroatoms. The molecule has 0 saturated heterocycles. The lowest BCUT2D eigenvalue weighted by Gasteiger charge is -2.52. The number of para-hydroxylation sites is 1. The minimum atomic E-state index is -0.551. The third kappa shape index (κ3) is 6.56. The molecule has 0 N–H and O–H groups in total. The Morgan fingerprint density at radius 3 is 2.03 bits per heavy atom. The van der Waals surface area contributed by atoms with Crippen LogP contribution in [0.15, 0.2) is 266 Å². The third-order valence-corrected chi connectivity index (χ3v) is 17.1. The van der Waals surface area contributed by atoms with Crippen LogP contribution in [0, 0.1) is 5.92 Å². The van der Waals surface area contributed by atoms with Crippen molar-refractivity contribution in [1.29, 1.82) is 0 Å². The van der Waals surface area contributed by atoms with E-state index in [2.05, 4.69) is 266 Å². The van der Waals surface area contributed by atoms with Gasteiger partial charge >= 0.3 is 0 Å². The van der Waals surface area contributed by atoms with Crippen molar-refractivity contribution < 1.29 is 0 Å². The summed E-state index contributed by atoms with van der Waals surface area (Å²) >= 11 is 0. The Bertz CT molecular complexity index is 3720. The maximum absolute atomic E-state index is 2.59. The number of allylic oxidation sites excluding steroid dienone is 12. The van der Waals surface area contributed by atoms with Crippen LogP contribution in [0.1, 0.15) is 95.9 Å². The van der Waals surface area contributed by atoms with Gasteiger partial charge in [-0.15, -0.1) is 0 Å². The molecule has 14 rings (SSSR count). The van der Waals surface area contributed by atoms with Gasteiger partial charge in [-0.3, -0.25) is 0 Å². The molecule has 6 aliphatic carbocycles. The van der Waals surface area contributed by atoms with Gasteiger partial charge in [-0.1, -0.05) is 213 Å². The topological polar surface area (TPSA) is 6.48 Å². The zero-order chi connectivity index (χ0) is 48.5. The van der Waals surface area contributed by atoms with E-state index in [1.165, 1.54) is 106 Å². The molecular weight excluding hydrogens is 881 g/mol. The summed E-state index contributed by atoms with van der Waals surface area (Å²) in [6, 6.07) is 71.6. The first kappa shape index (κ1) is 43.6. The van der Waals surface area contributed by atoms with E-state index in [1.54, 1.807) is 0 Å². The summed E-state index contributed by atoms with van der Waals surface area (Å²) in [6.45, 7) is 2.36. The second kappa shape index (κ2) is 17.5. The molecule has 4 atom stereocenters. The highest BCUT2D eigenvalue weighted by atomic mass is 15.2. The van der Waals surface area contributed by atoms with Crippen LogP contribution in [0.5, 0.6) is 0 Å². The van der Waals surface area contributed by atoms with E-state index < -0.39 is 10.8 Å². The number of hydrogen-bond donors (Lipinski definition) is 0. The van der Waals surface area contributed by atoms with E-state index >= 15 is 0 Å². The molecule has 0 saturated carbocycles. The van der Waals surface area contributed by atoms with E-state index in [0.29, 0.717) is 5.92 Å². The molecule has 73 heavy (non-hydrogen) atoms. The molecule has 0 aliphatic heterocycles. The molecule has 0 bridgehead atoms. The monoisotopic (exact) mass is 938 g/mol.